The van der Waals surface area contributed by atoms with Gasteiger partial charge in [-0.05, 0) is 70.6 Å². The average molecular weight is 880 g/mol. The van der Waals surface area contributed by atoms with Crippen LogP contribution in [0.15, 0.2) is 72.9 Å². The fourth-order valence-electron chi connectivity index (χ4n) is 7.83. The van der Waals surface area contributed by atoms with Gasteiger partial charge >= 0.3 is 5.97 Å². The van der Waals surface area contributed by atoms with Gasteiger partial charge in [-0.3, -0.25) is 9.59 Å². The van der Waals surface area contributed by atoms with Crippen molar-refractivity contribution in [1.82, 2.24) is 5.32 Å². The Morgan fingerprint density at radius 2 is 0.937 bits per heavy atom. The van der Waals surface area contributed by atoms with Crippen LogP contribution in [-0.4, -0.2) is 46.9 Å². The van der Waals surface area contributed by atoms with Crippen LogP contribution in [0, 0.1) is 0 Å². The van der Waals surface area contributed by atoms with E-state index in [0.717, 1.165) is 70.6 Å². The molecule has 6 heteroatoms. The Balaban J connectivity index is 4.56. The molecule has 0 aromatic carbocycles. The minimum absolute atomic E-state index is 0.0264. The van der Waals surface area contributed by atoms with Gasteiger partial charge in [0.1, 0.15) is 6.10 Å². The first-order valence-electron chi connectivity index (χ1n) is 26.7. The lowest BCUT2D eigenvalue weighted by atomic mass is 10.0. The summed E-state index contributed by atoms with van der Waals surface area (Å²) < 4.78 is 5.89. The Labute approximate surface area is 390 Å². The summed E-state index contributed by atoms with van der Waals surface area (Å²) in [6.07, 6.45) is 64.0. The van der Waals surface area contributed by atoms with Crippen LogP contribution in [0.4, 0.5) is 0 Å². The highest BCUT2D eigenvalue weighted by molar-refractivity contribution is 5.77. The summed E-state index contributed by atoms with van der Waals surface area (Å²) >= 11 is 0. The highest BCUT2D eigenvalue weighted by Crippen LogP contribution is 2.17. The average Bonchev–Trinajstić information content (AvgIpc) is 3.28. The number of aliphatic hydroxyl groups excluding tert-OH is 2. The van der Waals surface area contributed by atoms with E-state index in [2.05, 4.69) is 62.5 Å². The summed E-state index contributed by atoms with van der Waals surface area (Å²) in [5.41, 5.74) is 0. The number of rotatable bonds is 47. The van der Waals surface area contributed by atoms with E-state index >= 15 is 0 Å². The van der Waals surface area contributed by atoms with Crippen LogP contribution in [0.5, 0.6) is 0 Å². The number of amides is 1. The lowest BCUT2D eigenvalue weighted by Crippen LogP contribution is -2.46. The third kappa shape index (κ3) is 45.7. The zero-order chi connectivity index (χ0) is 45.9. The molecule has 0 aliphatic heterocycles. The number of carbonyl (C=O) groups excluding carboxylic acids is 2. The van der Waals surface area contributed by atoms with Crippen molar-refractivity contribution in [3.8, 4) is 0 Å². The Kier molecular flexibility index (Phi) is 48.1. The van der Waals surface area contributed by atoms with E-state index in [1.807, 2.05) is 36.5 Å². The minimum Gasteiger partial charge on any atom is -0.462 e. The monoisotopic (exact) mass is 880 g/mol. The molecule has 3 atom stereocenters. The van der Waals surface area contributed by atoms with Crippen LogP contribution in [-0.2, 0) is 14.3 Å². The fraction of sp³-hybridized carbons (Fsp3) is 0.754. The van der Waals surface area contributed by atoms with Crippen molar-refractivity contribution in [3.05, 3.63) is 72.9 Å². The Hall–Kier alpha value is -2.70. The maximum atomic E-state index is 13.2. The number of carbonyl (C=O) groups is 2. The van der Waals surface area contributed by atoms with E-state index in [0.29, 0.717) is 19.3 Å². The molecule has 1 amide bonds. The highest BCUT2D eigenvalue weighted by Gasteiger charge is 2.24. The van der Waals surface area contributed by atoms with Crippen LogP contribution >= 0.6 is 0 Å². The maximum Gasteiger partial charge on any atom is 0.306 e. The van der Waals surface area contributed by atoms with Gasteiger partial charge < -0.3 is 20.3 Å². The van der Waals surface area contributed by atoms with Gasteiger partial charge in [0.2, 0.25) is 5.91 Å². The molecule has 3 N–H and O–H groups in total. The molecule has 364 valence electrons. The second-order valence-corrected chi connectivity index (χ2v) is 18.0. The van der Waals surface area contributed by atoms with Gasteiger partial charge in [0, 0.05) is 6.42 Å². The Morgan fingerprint density at radius 1 is 0.492 bits per heavy atom. The first-order valence-corrected chi connectivity index (χ1v) is 26.7. The minimum atomic E-state index is -0.809. The van der Waals surface area contributed by atoms with Crippen molar-refractivity contribution in [2.24, 2.45) is 0 Å². The van der Waals surface area contributed by atoms with Crippen molar-refractivity contribution in [2.45, 2.75) is 270 Å². The number of ether oxygens (including phenoxy) is 1. The predicted octanol–water partition coefficient (Wildman–Crippen LogP) is 16.2. The molecule has 3 unspecified atom stereocenters. The van der Waals surface area contributed by atoms with Crippen molar-refractivity contribution in [2.75, 3.05) is 6.61 Å². The van der Waals surface area contributed by atoms with E-state index in [4.69, 9.17) is 4.74 Å². The van der Waals surface area contributed by atoms with Crippen LogP contribution in [0.2, 0.25) is 0 Å². The third-order valence-electron chi connectivity index (χ3n) is 11.9. The number of esters is 1. The summed E-state index contributed by atoms with van der Waals surface area (Å²) in [5, 5.41) is 23.8. The van der Waals surface area contributed by atoms with Gasteiger partial charge in [0.25, 0.3) is 0 Å². The van der Waals surface area contributed by atoms with Gasteiger partial charge in [0.05, 0.1) is 25.2 Å². The number of hydrogen-bond acceptors (Lipinski definition) is 5. The number of hydrogen-bond donors (Lipinski definition) is 3. The van der Waals surface area contributed by atoms with E-state index in [1.165, 1.54) is 135 Å². The number of nitrogens with one attached hydrogen (secondary N) is 1. The molecule has 0 radical (unpaired) electrons. The lowest BCUT2D eigenvalue weighted by molar-refractivity contribution is -0.151. The summed E-state index contributed by atoms with van der Waals surface area (Å²) in [6, 6.07) is -0.727. The lowest BCUT2D eigenvalue weighted by Gasteiger charge is -2.24. The molecule has 0 saturated carbocycles. The standard InChI is InChI=1S/C57H101NO5/c1-4-7-10-13-16-19-22-24-26-28-30-32-35-38-41-44-47-50-57(62)63-53(48-45-42-39-36-33-21-18-15-12-9-6-3)51-56(61)58-54(52-59)55(60)49-46-43-40-37-34-31-29-27-25-23-20-17-14-11-8-5-2/h9,12,15-16,18-19,21,24,26,33,36,39,53-55,59-60H,4-8,10-11,13-14,17,20,22-23,25,27-32,34-35,37-38,40-52H2,1-3H3,(H,58,61)/b12-9+,18-15+,19-16-,26-24-,33-21-,39-36-. The molecule has 63 heavy (non-hydrogen) atoms. The molecule has 0 aromatic rings. The first kappa shape index (κ1) is 60.3. The van der Waals surface area contributed by atoms with Crippen molar-refractivity contribution in [3.63, 3.8) is 0 Å². The summed E-state index contributed by atoms with van der Waals surface area (Å²) in [7, 11) is 0. The molecular weight excluding hydrogens is 779 g/mol. The maximum absolute atomic E-state index is 13.2. The second-order valence-electron chi connectivity index (χ2n) is 18.0. The molecule has 0 aliphatic carbocycles. The zero-order valence-electron chi connectivity index (χ0n) is 41.4. The highest BCUT2D eigenvalue weighted by atomic mass is 16.5. The topological polar surface area (TPSA) is 95.9 Å². The molecule has 0 aliphatic rings. The Bertz CT molecular complexity index is 1170. The fourth-order valence-corrected chi connectivity index (χ4v) is 7.83. The van der Waals surface area contributed by atoms with Crippen LogP contribution < -0.4 is 5.32 Å². The number of unbranched alkanes of at least 4 members (excludes halogenated alkanes) is 26. The molecule has 6 nitrogen and oxygen atoms in total. The van der Waals surface area contributed by atoms with Crippen molar-refractivity contribution < 1.29 is 24.5 Å². The molecule has 0 rings (SSSR count). The second kappa shape index (κ2) is 50.3. The van der Waals surface area contributed by atoms with Gasteiger partial charge in [-0.1, -0.05) is 241 Å². The SMILES string of the molecule is CC/C=C/C=C/C=C\C=C/CCCC(CC(=O)NC(CO)C(O)CCCCCCCCCCCCCCCCCC)OC(=O)CCCCCCCCC/C=C\C/C=C\CCCCC. The quantitative estimate of drug-likeness (QED) is 0.0245. The van der Waals surface area contributed by atoms with E-state index in [1.54, 1.807) is 0 Å². The van der Waals surface area contributed by atoms with E-state index in [-0.39, 0.29) is 24.9 Å². The van der Waals surface area contributed by atoms with Crippen LogP contribution in [0.3, 0.4) is 0 Å². The molecule has 0 bridgehead atoms. The predicted molar refractivity (Wildman–Crippen MR) is 273 cm³/mol. The van der Waals surface area contributed by atoms with Gasteiger partial charge in [-0.25, -0.2) is 0 Å². The normalized spacial score (nSPS) is 13.8. The van der Waals surface area contributed by atoms with Gasteiger partial charge in [-0.15, -0.1) is 0 Å². The molecule has 0 saturated heterocycles. The summed E-state index contributed by atoms with van der Waals surface area (Å²) in [6.45, 7) is 6.30. The molecule has 0 spiro atoms. The largest absolute Gasteiger partial charge is 0.462 e. The number of allylic oxidation sites excluding steroid dienone is 12. The smallest absolute Gasteiger partial charge is 0.306 e. The Morgan fingerprint density at radius 3 is 1.48 bits per heavy atom. The summed E-state index contributed by atoms with van der Waals surface area (Å²) in [5.74, 6) is -0.551. The molecule has 0 fully saturated rings. The van der Waals surface area contributed by atoms with Crippen LogP contribution in [0.25, 0.3) is 0 Å². The van der Waals surface area contributed by atoms with Gasteiger partial charge in [-0.2, -0.15) is 0 Å². The first-order chi connectivity index (χ1) is 31.0. The molecular formula is C57H101NO5. The van der Waals surface area contributed by atoms with E-state index < -0.39 is 18.2 Å². The third-order valence-corrected chi connectivity index (χ3v) is 11.9. The van der Waals surface area contributed by atoms with Gasteiger partial charge in [0.15, 0.2) is 0 Å². The summed E-state index contributed by atoms with van der Waals surface area (Å²) in [4.78, 5) is 26.1. The number of aliphatic hydroxyl groups is 2. The van der Waals surface area contributed by atoms with Crippen molar-refractivity contribution >= 4 is 11.9 Å². The zero-order valence-corrected chi connectivity index (χ0v) is 41.4. The van der Waals surface area contributed by atoms with E-state index in [9.17, 15) is 19.8 Å². The molecule has 0 heterocycles. The molecule has 0 aromatic heterocycles. The van der Waals surface area contributed by atoms with Crippen molar-refractivity contribution in [1.29, 1.82) is 0 Å². The van der Waals surface area contributed by atoms with Crippen LogP contribution in [0.1, 0.15) is 252 Å².